The van der Waals surface area contributed by atoms with Gasteiger partial charge in [0.2, 0.25) is 11.7 Å². The molecule has 25 heavy (non-hydrogen) atoms. The molecule has 1 aromatic heterocycles. The van der Waals surface area contributed by atoms with Gasteiger partial charge in [0, 0.05) is 31.5 Å². The Morgan fingerprint density at radius 2 is 1.76 bits per heavy atom. The molecule has 0 atom stereocenters. The summed E-state index contributed by atoms with van der Waals surface area (Å²) < 4.78 is 17.0. The average molecular weight is 343 g/mol. The van der Waals surface area contributed by atoms with Gasteiger partial charge in [-0.15, -0.1) is 0 Å². The molecule has 0 unspecified atom stereocenters. The van der Waals surface area contributed by atoms with Gasteiger partial charge in [0.05, 0.1) is 19.8 Å². The second kappa shape index (κ2) is 6.86. The number of hydrogen-bond donors (Lipinski definition) is 0. The number of hydrogen-bond acceptors (Lipinski definition) is 6. The molecule has 1 spiro atoms. The van der Waals surface area contributed by atoms with Gasteiger partial charge >= 0.3 is 0 Å². The van der Waals surface area contributed by atoms with E-state index < -0.39 is 0 Å². The van der Waals surface area contributed by atoms with Crippen LogP contribution in [0.2, 0.25) is 0 Å². The molecular weight excluding hydrogens is 318 g/mol. The highest BCUT2D eigenvalue weighted by molar-refractivity contribution is 5.54. The Morgan fingerprint density at radius 1 is 1.08 bits per heavy atom. The molecule has 2 fully saturated rings. The van der Waals surface area contributed by atoms with E-state index in [-0.39, 0.29) is 5.79 Å². The van der Waals surface area contributed by atoms with Gasteiger partial charge in [-0.2, -0.15) is 4.98 Å². The number of ether oxygens (including phenoxy) is 2. The molecule has 2 aliphatic heterocycles. The molecule has 6 nitrogen and oxygen atoms in total. The summed E-state index contributed by atoms with van der Waals surface area (Å²) in [5.41, 5.74) is 2.30. The monoisotopic (exact) mass is 343 g/mol. The molecular formula is C19H25N3O3. The normalized spacial score (nSPS) is 20.6. The van der Waals surface area contributed by atoms with Gasteiger partial charge in [0.15, 0.2) is 5.79 Å². The Labute approximate surface area is 148 Å². The molecule has 3 heterocycles. The minimum absolute atomic E-state index is 0.339. The Bertz CT molecular complexity index is 695. The fourth-order valence-corrected chi connectivity index (χ4v) is 3.48. The van der Waals surface area contributed by atoms with Crippen molar-refractivity contribution < 1.29 is 14.0 Å². The maximum Gasteiger partial charge on any atom is 0.241 e. The van der Waals surface area contributed by atoms with Gasteiger partial charge in [0.25, 0.3) is 0 Å². The van der Waals surface area contributed by atoms with E-state index in [1.807, 2.05) is 0 Å². The number of aromatic nitrogens is 2. The smallest absolute Gasteiger partial charge is 0.241 e. The second-order valence-corrected chi connectivity index (χ2v) is 7.17. The molecule has 0 aliphatic carbocycles. The van der Waals surface area contributed by atoms with Gasteiger partial charge < -0.3 is 14.0 Å². The highest BCUT2D eigenvalue weighted by Gasteiger charge is 2.39. The molecule has 0 saturated carbocycles. The number of nitrogens with zero attached hydrogens (tertiary/aromatic N) is 3. The molecule has 0 radical (unpaired) electrons. The number of rotatable bonds is 4. The Hall–Kier alpha value is -1.76. The van der Waals surface area contributed by atoms with Crippen LogP contribution in [0, 0.1) is 0 Å². The van der Waals surface area contributed by atoms with Gasteiger partial charge in [-0.3, -0.25) is 4.90 Å². The Balaban J connectivity index is 1.37. The lowest BCUT2D eigenvalue weighted by molar-refractivity contribution is -0.186. The van der Waals surface area contributed by atoms with Crippen LogP contribution in [-0.2, 0) is 16.0 Å². The van der Waals surface area contributed by atoms with Gasteiger partial charge in [-0.1, -0.05) is 43.3 Å². The van der Waals surface area contributed by atoms with E-state index in [1.165, 1.54) is 5.56 Å². The summed E-state index contributed by atoms with van der Waals surface area (Å²) in [6.07, 6.45) is 1.79. The van der Waals surface area contributed by atoms with Crippen molar-refractivity contribution >= 4 is 0 Å². The Morgan fingerprint density at radius 3 is 2.40 bits per heavy atom. The summed E-state index contributed by atoms with van der Waals surface area (Å²) >= 11 is 0. The van der Waals surface area contributed by atoms with E-state index in [0.717, 1.165) is 31.5 Å². The predicted octanol–water partition coefficient (Wildman–Crippen LogP) is 3.20. The molecule has 2 aliphatic rings. The first-order valence-corrected chi connectivity index (χ1v) is 9.07. The first-order chi connectivity index (χ1) is 12.1. The maximum atomic E-state index is 5.77. The maximum absolute atomic E-state index is 5.77. The minimum Gasteiger partial charge on any atom is -0.347 e. The van der Waals surface area contributed by atoms with E-state index in [4.69, 9.17) is 14.0 Å². The summed E-state index contributed by atoms with van der Waals surface area (Å²) in [6.45, 7) is 8.30. The lowest BCUT2D eigenvalue weighted by Crippen LogP contribution is -2.44. The van der Waals surface area contributed by atoms with Gasteiger partial charge in [-0.25, -0.2) is 0 Å². The first-order valence-electron chi connectivity index (χ1n) is 9.07. The van der Waals surface area contributed by atoms with Crippen LogP contribution in [0.3, 0.4) is 0 Å². The van der Waals surface area contributed by atoms with Gasteiger partial charge in [-0.05, 0) is 11.5 Å². The molecule has 0 amide bonds. The van der Waals surface area contributed by atoms with Crippen molar-refractivity contribution in [2.24, 2.45) is 0 Å². The fourth-order valence-electron chi connectivity index (χ4n) is 3.48. The largest absolute Gasteiger partial charge is 0.347 e. The fraction of sp³-hybridized carbons (Fsp3) is 0.579. The van der Waals surface area contributed by atoms with Crippen LogP contribution in [0.5, 0.6) is 0 Å². The van der Waals surface area contributed by atoms with Crippen LogP contribution < -0.4 is 0 Å². The van der Waals surface area contributed by atoms with Crippen molar-refractivity contribution in [3.63, 3.8) is 0 Å². The molecule has 0 N–H and O–H groups in total. The summed E-state index contributed by atoms with van der Waals surface area (Å²) in [7, 11) is 0. The third-order valence-electron chi connectivity index (χ3n) is 5.09. The van der Waals surface area contributed by atoms with Crippen molar-refractivity contribution in [2.75, 3.05) is 26.3 Å². The summed E-state index contributed by atoms with van der Waals surface area (Å²) in [5.74, 6) is 1.49. The highest BCUT2D eigenvalue weighted by atomic mass is 16.7. The number of likely N-dealkylation sites (tertiary alicyclic amines) is 1. The highest BCUT2D eigenvalue weighted by Crippen LogP contribution is 2.31. The zero-order chi connectivity index (χ0) is 17.3. The molecule has 6 heteroatoms. The zero-order valence-electron chi connectivity index (χ0n) is 14.9. The SMILES string of the molecule is CC(C)c1ccc(-c2noc(CN3CCC4(CC3)OCCO4)n2)cc1. The van der Waals surface area contributed by atoms with E-state index in [1.54, 1.807) is 0 Å². The van der Waals surface area contributed by atoms with Crippen LogP contribution in [0.1, 0.15) is 44.1 Å². The molecule has 0 bridgehead atoms. The van der Waals surface area contributed by atoms with Crippen LogP contribution >= 0.6 is 0 Å². The summed E-state index contributed by atoms with van der Waals surface area (Å²) in [4.78, 5) is 6.87. The Kier molecular flexibility index (Phi) is 4.58. The van der Waals surface area contributed by atoms with Crippen molar-refractivity contribution in [3.05, 3.63) is 35.7 Å². The van der Waals surface area contributed by atoms with Crippen molar-refractivity contribution in [1.82, 2.24) is 15.0 Å². The van der Waals surface area contributed by atoms with Crippen LogP contribution in [0.15, 0.2) is 28.8 Å². The topological polar surface area (TPSA) is 60.6 Å². The average Bonchev–Trinajstić information content (AvgIpc) is 3.27. The number of piperidine rings is 1. The lowest BCUT2D eigenvalue weighted by atomic mass is 10.0. The van der Waals surface area contributed by atoms with E-state index in [9.17, 15) is 0 Å². The van der Waals surface area contributed by atoms with Crippen molar-refractivity contribution in [2.45, 2.75) is 44.9 Å². The van der Waals surface area contributed by atoms with E-state index in [0.29, 0.717) is 37.4 Å². The van der Waals surface area contributed by atoms with E-state index in [2.05, 4.69) is 53.2 Å². The first kappa shape index (κ1) is 16.7. The lowest BCUT2D eigenvalue weighted by Gasteiger charge is -2.36. The number of benzene rings is 1. The quantitative estimate of drug-likeness (QED) is 0.850. The third-order valence-corrected chi connectivity index (χ3v) is 5.09. The van der Waals surface area contributed by atoms with Crippen LogP contribution in [0.25, 0.3) is 11.4 Å². The second-order valence-electron chi connectivity index (χ2n) is 7.17. The summed E-state index contributed by atoms with van der Waals surface area (Å²) in [5, 5.41) is 4.14. The standard InChI is InChI=1S/C19H25N3O3/c1-14(2)15-3-5-16(6-4-15)18-20-17(25-21-18)13-22-9-7-19(8-10-22)23-11-12-24-19/h3-6,14H,7-13H2,1-2H3. The van der Waals surface area contributed by atoms with Crippen LogP contribution in [0.4, 0.5) is 0 Å². The van der Waals surface area contributed by atoms with E-state index >= 15 is 0 Å². The minimum atomic E-state index is -0.339. The van der Waals surface area contributed by atoms with Crippen molar-refractivity contribution in [3.8, 4) is 11.4 Å². The van der Waals surface area contributed by atoms with Gasteiger partial charge in [0.1, 0.15) is 0 Å². The predicted molar refractivity (Wildman–Crippen MR) is 93.0 cm³/mol. The van der Waals surface area contributed by atoms with Crippen molar-refractivity contribution in [1.29, 1.82) is 0 Å². The molecule has 2 saturated heterocycles. The summed E-state index contributed by atoms with van der Waals surface area (Å²) in [6, 6.07) is 8.37. The zero-order valence-corrected chi connectivity index (χ0v) is 14.9. The molecule has 1 aromatic carbocycles. The molecule has 4 rings (SSSR count). The molecule has 134 valence electrons. The van der Waals surface area contributed by atoms with Crippen LogP contribution in [-0.4, -0.2) is 47.1 Å². The molecule has 2 aromatic rings. The third kappa shape index (κ3) is 3.61.